The van der Waals surface area contributed by atoms with Gasteiger partial charge in [0.1, 0.15) is 0 Å². The molecule has 0 saturated carbocycles. The summed E-state index contributed by atoms with van der Waals surface area (Å²) in [5.74, 6) is -1.31. The highest BCUT2D eigenvalue weighted by molar-refractivity contribution is 6.08. The van der Waals surface area contributed by atoms with Crippen molar-refractivity contribution in [3.8, 4) is 0 Å². The number of ketones is 1. The van der Waals surface area contributed by atoms with E-state index in [-0.39, 0.29) is 5.78 Å². The number of carbonyl (C=O) groups excluding carboxylic acids is 1. The Morgan fingerprint density at radius 2 is 2.17 bits per heavy atom. The highest BCUT2D eigenvalue weighted by atomic mass is 16.4. The normalized spacial score (nSPS) is 16.8. The number of fused-ring (bicyclic) bond motifs is 1. The van der Waals surface area contributed by atoms with Gasteiger partial charge in [-0.1, -0.05) is 13.3 Å². The Bertz CT molecular complexity index is 770. The number of rotatable bonds is 6. The maximum atomic E-state index is 13.1. The number of aromatic nitrogens is 2. The van der Waals surface area contributed by atoms with Crippen molar-refractivity contribution in [1.82, 2.24) is 9.13 Å². The molecule has 1 aliphatic rings. The van der Waals surface area contributed by atoms with E-state index in [9.17, 15) is 14.7 Å². The Morgan fingerprint density at radius 3 is 2.79 bits per heavy atom. The molecule has 0 amide bonds. The van der Waals surface area contributed by atoms with Gasteiger partial charge in [-0.15, -0.1) is 0 Å². The molecule has 2 aromatic heterocycles. The van der Waals surface area contributed by atoms with Crippen molar-refractivity contribution in [1.29, 1.82) is 0 Å². The number of carboxylic acids is 1. The van der Waals surface area contributed by atoms with E-state index in [1.165, 1.54) is 0 Å². The molecule has 1 aliphatic heterocycles. The summed E-state index contributed by atoms with van der Waals surface area (Å²) < 4.78 is 3.78. The van der Waals surface area contributed by atoms with Gasteiger partial charge < -0.3 is 14.2 Å². The Balaban J connectivity index is 2.11. The number of aliphatic carboxylic acids is 1. The van der Waals surface area contributed by atoms with Crippen molar-refractivity contribution < 1.29 is 14.7 Å². The van der Waals surface area contributed by atoms with Gasteiger partial charge in [-0.05, 0) is 49.4 Å². The summed E-state index contributed by atoms with van der Waals surface area (Å²) in [4.78, 5) is 24.7. The third-order valence-corrected chi connectivity index (χ3v) is 4.93. The first-order valence-electron chi connectivity index (χ1n) is 8.65. The average molecular weight is 328 g/mol. The molecule has 5 nitrogen and oxygen atoms in total. The number of unbranched alkanes of at least 4 members (excludes halogenated alkanes) is 1. The van der Waals surface area contributed by atoms with Gasteiger partial charge in [-0.2, -0.15) is 0 Å². The Hall–Kier alpha value is -2.30. The average Bonchev–Trinajstić information content (AvgIpc) is 3.14. The van der Waals surface area contributed by atoms with Crippen molar-refractivity contribution in [2.75, 3.05) is 0 Å². The van der Waals surface area contributed by atoms with E-state index < -0.39 is 11.9 Å². The van der Waals surface area contributed by atoms with Crippen LogP contribution in [-0.2, 0) is 24.8 Å². The monoisotopic (exact) mass is 328 g/mol. The van der Waals surface area contributed by atoms with Crippen molar-refractivity contribution in [3.05, 3.63) is 47.0 Å². The molecule has 3 rings (SSSR count). The van der Waals surface area contributed by atoms with Gasteiger partial charge in [0, 0.05) is 25.5 Å². The fourth-order valence-corrected chi connectivity index (χ4v) is 3.65. The second kappa shape index (κ2) is 6.67. The zero-order chi connectivity index (χ0) is 17.3. The minimum Gasteiger partial charge on any atom is -0.481 e. The summed E-state index contributed by atoms with van der Waals surface area (Å²) >= 11 is 0. The predicted molar refractivity (Wildman–Crippen MR) is 91.5 cm³/mol. The second-order valence-corrected chi connectivity index (χ2v) is 6.56. The molecule has 128 valence electrons. The van der Waals surface area contributed by atoms with Crippen LogP contribution in [0.2, 0.25) is 0 Å². The van der Waals surface area contributed by atoms with E-state index in [0.717, 1.165) is 43.5 Å². The van der Waals surface area contributed by atoms with Crippen LogP contribution in [0.25, 0.3) is 0 Å². The van der Waals surface area contributed by atoms with Crippen LogP contribution in [0.5, 0.6) is 0 Å². The van der Waals surface area contributed by atoms with Crippen LogP contribution in [0.4, 0.5) is 0 Å². The van der Waals surface area contributed by atoms with Crippen LogP contribution in [0.1, 0.15) is 66.0 Å². The Morgan fingerprint density at radius 1 is 1.38 bits per heavy atom. The minimum atomic E-state index is -0.798. The van der Waals surface area contributed by atoms with Gasteiger partial charge in [-0.25, -0.2) is 0 Å². The number of carboxylic acid groups (broad SMARTS) is 1. The molecule has 2 aromatic rings. The third-order valence-electron chi connectivity index (χ3n) is 4.93. The highest BCUT2D eigenvalue weighted by Gasteiger charge is 2.32. The van der Waals surface area contributed by atoms with Gasteiger partial charge >= 0.3 is 5.97 Å². The molecule has 0 aliphatic carbocycles. The van der Waals surface area contributed by atoms with E-state index in [2.05, 4.69) is 6.92 Å². The van der Waals surface area contributed by atoms with Crippen molar-refractivity contribution >= 4 is 11.8 Å². The van der Waals surface area contributed by atoms with Crippen molar-refractivity contribution in [3.63, 3.8) is 0 Å². The van der Waals surface area contributed by atoms with Crippen molar-refractivity contribution in [2.45, 2.75) is 51.5 Å². The molecule has 0 saturated heterocycles. The number of carbonyl (C=O) groups is 2. The zero-order valence-corrected chi connectivity index (χ0v) is 14.3. The lowest BCUT2D eigenvalue weighted by molar-refractivity contribution is -0.139. The van der Waals surface area contributed by atoms with Gasteiger partial charge in [0.25, 0.3) is 0 Å². The third kappa shape index (κ3) is 2.79. The van der Waals surface area contributed by atoms with E-state index in [0.29, 0.717) is 17.8 Å². The largest absolute Gasteiger partial charge is 0.481 e. The Labute approximate surface area is 141 Å². The van der Waals surface area contributed by atoms with Gasteiger partial charge in [0.2, 0.25) is 5.78 Å². The molecular weight excluding hydrogens is 304 g/mol. The smallest absolute Gasteiger partial charge is 0.312 e. The number of aryl methyl sites for hydroxylation is 2. The zero-order valence-electron chi connectivity index (χ0n) is 14.3. The van der Waals surface area contributed by atoms with E-state index in [1.54, 1.807) is 0 Å². The molecule has 24 heavy (non-hydrogen) atoms. The first-order valence-corrected chi connectivity index (χ1v) is 8.65. The molecule has 0 aromatic carbocycles. The molecule has 3 heterocycles. The number of hydrogen-bond acceptors (Lipinski definition) is 2. The minimum absolute atomic E-state index is 0.00843. The van der Waals surface area contributed by atoms with Crippen LogP contribution in [-0.4, -0.2) is 26.0 Å². The van der Waals surface area contributed by atoms with Crippen LogP contribution < -0.4 is 0 Å². The molecule has 1 N–H and O–H groups in total. The fraction of sp³-hybridized carbons (Fsp3) is 0.474. The molecule has 0 radical (unpaired) electrons. The first kappa shape index (κ1) is 16.6. The summed E-state index contributed by atoms with van der Waals surface area (Å²) in [6.45, 7) is 2.84. The topological polar surface area (TPSA) is 64.2 Å². The molecule has 0 fully saturated rings. The molecule has 1 unspecified atom stereocenters. The summed E-state index contributed by atoms with van der Waals surface area (Å²) in [6, 6.07) is 5.65. The standard InChI is InChI=1S/C19H24N2O3/c1-3-4-7-13-12-16-14(19(23)24)8-5-11-21(16)17(13)18(22)15-9-6-10-20(15)2/h6,9-10,12,14H,3-5,7-8,11H2,1-2H3,(H,23,24). The summed E-state index contributed by atoms with van der Waals surface area (Å²) in [6.07, 6.45) is 6.15. The quantitative estimate of drug-likeness (QED) is 0.827. The molecule has 0 bridgehead atoms. The molecule has 0 spiro atoms. The fourth-order valence-electron chi connectivity index (χ4n) is 3.65. The molecule has 1 atom stereocenters. The van der Waals surface area contributed by atoms with Gasteiger partial charge in [-0.3, -0.25) is 9.59 Å². The van der Waals surface area contributed by atoms with Gasteiger partial charge in [0.15, 0.2) is 0 Å². The SMILES string of the molecule is CCCCc1cc2n(c1C(=O)c1cccn1C)CCCC2C(=O)O. The summed E-state index contributed by atoms with van der Waals surface area (Å²) in [5, 5.41) is 9.53. The van der Waals surface area contributed by atoms with Crippen LogP contribution >= 0.6 is 0 Å². The second-order valence-electron chi connectivity index (χ2n) is 6.56. The van der Waals surface area contributed by atoms with E-state index >= 15 is 0 Å². The van der Waals surface area contributed by atoms with Crippen LogP contribution in [0, 0.1) is 0 Å². The molecule has 5 heteroatoms. The van der Waals surface area contributed by atoms with E-state index in [1.807, 2.05) is 40.6 Å². The summed E-state index contributed by atoms with van der Waals surface area (Å²) in [7, 11) is 1.86. The first-order chi connectivity index (χ1) is 11.5. The number of hydrogen-bond donors (Lipinski definition) is 1. The lowest BCUT2D eigenvalue weighted by Crippen LogP contribution is -2.24. The maximum absolute atomic E-state index is 13.1. The summed E-state index contributed by atoms with van der Waals surface area (Å²) in [5.41, 5.74) is 3.11. The van der Waals surface area contributed by atoms with Crippen LogP contribution in [0.3, 0.4) is 0 Å². The Kier molecular flexibility index (Phi) is 4.60. The van der Waals surface area contributed by atoms with Gasteiger partial charge in [0.05, 0.1) is 17.3 Å². The molecular formula is C19H24N2O3. The number of nitrogens with zero attached hydrogens (tertiary/aromatic N) is 2. The maximum Gasteiger partial charge on any atom is 0.312 e. The van der Waals surface area contributed by atoms with E-state index in [4.69, 9.17) is 0 Å². The van der Waals surface area contributed by atoms with Crippen LogP contribution in [0.15, 0.2) is 24.4 Å². The van der Waals surface area contributed by atoms with Crippen molar-refractivity contribution in [2.24, 2.45) is 7.05 Å². The predicted octanol–water partition coefficient (Wildman–Crippen LogP) is 3.36. The lowest BCUT2D eigenvalue weighted by Gasteiger charge is -2.23. The lowest BCUT2D eigenvalue weighted by atomic mass is 9.96. The highest BCUT2D eigenvalue weighted by Crippen LogP contribution is 2.33.